The minimum absolute atomic E-state index is 0.0701. The number of carbonyl (C=O) groups is 1. The first-order chi connectivity index (χ1) is 16.5. The molecule has 34 heavy (non-hydrogen) atoms. The first-order valence-corrected chi connectivity index (χ1v) is 12.6. The van der Waals surface area contributed by atoms with Crippen LogP contribution in [-0.4, -0.2) is 60.8 Å². The SMILES string of the molecule is Cc1ccc(F)c2c1NC(C(=O)Nc1cccc(N3CCN(CCO)CC3)c1)(C1CCCC1)C2. The van der Waals surface area contributed by atoms with E-state index in [1.54, 1.807) is 6.07 Å². The molecule has 1 saturated heterocycles. The summed E-state index contributed by atoms with van der Waals surface area (Å²) in [6.45, 7) is 6.47. The van der Waals surface area contributed by atoms with Crippen LogP contribution in [0.3, 0.4) is 0 Å². The predicted molar refractivity (Wildman–Crippen MR) is 134 cm³/mol. The molecule has 0 radical (unpaired) electrons. The monoisotopic (exact) mass is 466 g/mol. The van der Waals surface area contributed by atoms with Crippen LogP contribution < -0.4 is 15.5 Å². The molecule has 0 aromatic heterocycles. The second kappa shape index (κ2) is 9.55. The van der Waals surface area contributed by atoms with E-state index in [2.05, 4.69) is 26.5 Å². The van der Waals surface area contributed by atoms with Gasteiger partial charge in [-0.15, -0.1) is 0 Å². The summed E-state index contributed by atoms with van der Waals surface area (Å²) in [5.41, 5.74) is 3.44. The molecule has 3 N–H and O–H groups in total. The van der Waals surface area contributed by atoms with Crippen molar-refractivity contribution < 1.29 is 14.3 Å². The molecule has 1 amide bonds. The average Bonchev–Trinajstić information content (AvgIpc) is 3.52. The third kappa shape index (κ3) is 4.27. The van der Waals surface area contributed by atoms with E-state index in [1.165, 1.54) is 6.07 Å². The third-order valence-electron chi connectivity index (χ3n) is 7.98. The molecule has 2 aromatic rings. The van der Waals surface area contributed by atoms with Crippen LogP contribution in [0.25, 0.3) is 0 Å². The number of amides is 1. The molecule has 1 unspecified atom stereocenters. The Kier molecular flexibility index (Phi) is 6.49. The van der Waals surface area contributed by atoms with Gasteiger partial charge in [0.2, 0.25) is 0 Å². The quantitative estimate of drug-likeness (QED) is 0.605. The summed E-state index contributed by atoms with van der Waals surface area (Å²) >= 11 is 0. The molecule has 2 fully saturated rings. The van der Waals surface area contributed by atoms with E-state index in [0.717, 1.165) is 74.5 Å². The van der Waals surface area contributed by atoms with Crippen molar-refractivity contribution in [3.63, 3.8) is 0 Å². The van der Waals surface area contributed by atoms with Gasteiger partial charge in [0.25, 0.3) is 5.91 Å². The summed E-state index contributed by atoms with van der Waals surface area (Å²) in [6, 6.07) is 11.3. The zero-order valence-corrected chi connectivity index (χ0v) is 19.9. The van der Waals surface area contributed by atoms with E-state index in [9.17, 15) is 14.3 Å². The van der Waals surface area contributed by atoms with Crippen LogP contribution in [0, 0.1) is 18.7 Å². The Labute approximate surface area is 201 Å². The highest BCUT2D eigenvalue weighted by atomic mass is 19.1. The molecule has 182 valence electrons. The zero-order valence-electron chi connectivity index (χ0n) is 19.9. The number of nitrogens with zero attached hydrogens (tertiary/aromatic N) is 2. The van der Waals surface area contributed by atoms with Gasteiger partial charge in [-0.1, -0.05) is 25.0 Å². The highest BCUT2D eigenvalue weighted by Crippen LogP contribution is 2.46. The predicted octanol–water partition coefficient (Wildman–Crippen LogP) is 3.78. The Balaban J connectivity index is 1.36. The standard InChI is InChI=1S/C27H35FN4O2/c1-19-9-10-24(28)23-18-27(30-25(19)23,20-5-2-3-6-20)26(34)29-21-7-4-8-22(17-21)32-13-11-31(12-14-32)15-16-33/h4,7-10,17,20,30,33H,2-3,5-6,11-16,18H2,1H3,(H,29,34). The number of anilines is 3. The van der Waals surface area contributed by atoms with E-state index in [1.807, 2.05) is 25.1 Å². The summed E-state index contributed by atoms with van der Waals surface area (Å²) in [7, 11) is 0. The number of β-amino-alcohol motifs (C(OH)–C–C–N with tert-alkyl or cyclic N) is 1. The van der Waals surface area contributed by atoms with Crippen molar-refractivity contribution in [3.8, 4) is 0 Å². The maximum Gasteiger partial charge on any atom is 0.250 e. The lowest BCUT2D eigenvalue weighted by atomic mass is 9.79. The number of piperazine rings is 1. The fourth-order valence-corrected chi connectivity index (χ4v) is 6.01. The van der Waals surface area contributed by atoms with Gasteiger partial charge >= 0.3 is 0 Å². The molecule has 7 heteroatoms. The molecular formula is C27H35FN4O2. The Morgan fingerprint density at radius 2 is 1.94 bits per heavy atom. The second-order valence-corrected chi connectivity index (χ2v) is 10.0. The normalized spacial score (nSPS) is 23.1. The molecule has 0 spiro atoms. The topological polar surface area (TPSA) is 67.8 Å². The number of benzene rings is 2. The van der Waals surface area contributed by atoms with Crippen molar-refractivity contribution in [2.45, 2.75) is 44.6 Å². The Bertz CT molecular complexity index is 1010. The average molecular weight is 467 g/mol. The fourth-order valence-electron chi connectivity index (χ4n) is 6.01. The molecule has 1 saturated carbocycles. The number of aliphatic hydroxyl groups is 1. The second-order valence-electron chi connectivity index (χ2n) is 10.0. The Hall–Kier alpha value is -2.64. The van der Waals surface area contributed by atoms with Gasteiger partial charge in [-0.2, -0.15) is 0 Å². The molecule has 5 rings (SSSR count). The number of aryl methyl sites for hydroxylation is 1. The van der Waals surface area contributed by atoms with Crippen molar-refractivity contribution in [1.29, 1.82) is 0 Å². The Morgan fingerprint density at radius 3 is 2.65 bits per heavy atom. The lowest BCUT2D eigenvalue weighted by Crippen LogP contribution is -2.53. The Morgan fingerprint density at radius 1 is 1.18 bits per heavy atom. The van der Waals surface area contributed by atoms with E-state index in [0.29, 0.717) is 18.5 Å². The summed E-state index contributed by atoms with van der Waals surface area (Å²) in [6.07, 6.45) is 4.56. The molecular weight excluding hydrogens is 431 g/mol. The molecule has 6 nitrogen and oxygen atoms in total. The van der Waals surface area contributed by atoms with Crippen molar-refractivity contribution in [3.05, 3.63) is 53.3 Å². The molecule has 2 aromatic carbocycles. The van der Waals surface area contributed by atoms with Crippen LogP contribution in [-0.2, 0) is 11.2 Å². The van der Waals surface area contributed by atoms with Gasteiger partial charge in [-0.05, 0) is 55.5 Å². The van der Waals surface area contributed by atoms with E-state index in [4.69, 9.17) is 0 Å². The zero-order chi connectivity index (χ0) is 23.7. The summed E-state index contributed by atoms with van der Waals surface area (Å²) in [5, 5.41) is 15.9. The van der Waals surface area contributed by atoms with Crippen LogP contribution in [0.5, 0.6) is 0 Å². The number of halogens is 1. The molecule has 1 aliphatic carbocycles. The first-order valence-electron chi connectivity index (χ1n) is 12.6. The number of hydrogen-bond acceptors (Lipinski definition) is 5. The van der Waals surface area contributed by atoms with E-state index < -0.39 is 5.54 Å². The lowest BCUT2D eigenvalue weighted by molar-refractivity contribution is -0.121. The summed E-state index contributed by atoms with van der Waals surface area (Å²) in [5.74, 6) is -0.121. The number of hydrogen-bond donors (Lipinski definition) is 3. The smallest absolute Gasteiger partial charge is 0.250 e. The van der Waals surface area contributed by atoms with Gasteiger partial charge in [0.1, 0.15) is 11.4 Å². The number of aliphatic hydroxyl groups excluding tert-OH is 1. The molecule has 3 aliphatic rings. The maximum atomic E-state index is 14.7. The highest BCUT2D eigenvalue weighted by molar-refractivity contribution is 6.02. The van der Waals surface area contributed by atoms with Crippen molar-refractivity contribution >= 4 is 23.0 Å². The summed E-state index contributed by atoms with van der Waals surface area (Å²) < 4.78 is 14.7. The maximum absolute atomic E-state index is 14.7. The van der Waals surface area contributed by atoms with Gasteiger partial charge in [-0.3, -0.25) is 9.69 Å². The van der Waals surface area contributed by atoms with Crippen molar-refractivity contribution in [2.75, 3.05) is 54.9 Å². The minimum Gasteiger partial charge on any atom is -0.395 e. The van der Waals surface area contributed by atoms with Gasteiger partial charge in [0, 0.05) is 61.8 Å². The van der Waals surface area contributed by atoms with Crippen LogP contribution in [0.4, 0.5) is 21.5 Å². The largest absolute Gasteiger partial charge is 0.395 e. The number of rotatable bonds is 6. The number of nitrogens with one attached hydrogen (secondary N) is 2. The van der Waals surface area contributed by atoms with Crippen molar-refractivity contribution in [1.82, 2.24) is 4.90 Å². The van der Waals surface area contributed by atoms with Gasteiger partial charge < -0.3 is 20.6 Å². The van der Waals surface area contributed by atoms with Crippen molar-refractivity contribution in [2.24, 2.45) is 5.92 Å². The summed E-state index contributed by atoms with van der Waals surface area (Å²) in [4.78, 5) is 18.5. The number of fused-ring (bicyclic) bond motifs is 1. The lowest BCUT2D eigenvalue weighted by Gasteiger charge is -2.36. The van der Waals surface area contributed by atoms with Crippen LogP contribution >= 0.6 is 0 Å². The molecule has 1 atom stereocenters. The van der Waals surface area contributed by atoms with E-state index >= 15 is 0 Å². The minimum atomic E-state index is -0.822. The molecule has 2 aliphatic heterocycles. The molecule has 0 bridgehead atoms. The number of carbonyl (C=O) groups excluding carboxylic acids is 1. The van der Waals surface area contributed by atoms with Crippen LogP contribution in [0.15, 0.2) is 36.4 Å². The fraction of sp³-hybridized carbons (Fsp3) is 0.519. The highest BCUT2D eigenvalue weighted by Gasteiger charge is 2.51. The van der Waals surface area contributed by atoms with Crippen LogP contribution in [0.2, 0.25) is 0 Å². The van der Waals surface area contributed by atoms with Gasteiger partial charge in [0.15, 0.2) is 0 Å². The molecule has 2 heterocycles. The first kappa shape index (κ1) is 23.1. The third-order valence-corrected chi connectivity index (χ3v) is 7.98. The van der Waals surface area contributed by atoms with Crippen LogP contribution in [0.1, 0.15) is 36.8 Å². The van der Waals surface area contributed by atoms with Gasteiger partial charge in [-0.25, -0.2) is 4.39 Å². The van der Waals surface area contributed by atoms with E-state index in [-0.39, 0.29) is 24.2 Å². The van der Waals surface area contributed by atoms with Gasteiger partial charge in [0.05, 0.1) is 6.61 Å².